The van der Waals surface area contributed by atoms with E-state index in [1.54, 1.807) is 17.8 Å². The molecule has 182 valence electrons. The van der Waals surface area contributed by atoms with Crippen molar-refractivity contribution in [1.82, 2.24) is 9.78 Å². The molecule has 0 aromatic carbocycles. The van der Waals surface area contributed by atoms with Gasteiger partial charge in [0.15, 0.2) is 5.78 Å². The van der Waals surface area contributed by atoms with E-state index in [1.807, 2.05) is 6.92 Å². The van der Waals surface area contributed by atoms with Crippen LogP contribution in [0.25, 0.3) is 0 Å². The lowest BCUT2D eigenvalue weighted by Gasteiger charge is -2.56. The number of carbonyl (C=O) groups is 2. The Labute approximate surface area is 197 Å². The van der Waals surface area contributed by atoms with Crippen molar-refractivity contribution < 1.29 is 19.4 Å². The zero-order valence-electron chi connectivity index (χ0n) is 20.5. The predicted octanol–water partition coefficient (Wildman–Crippen LogP) is 4.65. The van der Waals surface area contributed by atoms with Gasteiger partial charge in [-0.15, -0.1) is 0 Å². The molecule has 4 aliphatic rings. The standard InChI is InChI=1S/C27H40N2O4/c1-4-33-25(31)18-14-28-29(15-18)16-24(30)23-8-7-22-21-6-5-17-13-26(2,32)11-9-19(17)20(21)10-12-27(22,23)3/h14-15,17,19-23,32H,4-13,16H2,1-3H3/t17-,19-,20+,21?,22-,23+,26+,27-/m0/s1. The summed E-state index contributed by atoms with van der Waals surface area (Å²) in [6.45, 7) is 6.75. The minimum Gasteiger partial charge on any atom is -0.462 e. The highest BCUT2D eigenvalue weighted by atomic mass is 16.5. The lowest BCUT2D eigenvalue weighted by Crippen LogP contribution is -2.51. The number of hydrogen-bond acceptors (Lipinski definition) is 5. The van der Waals surface area contributed by atoms with Crippen LogP contribution < -0.4 is 0 Å². The number of rotatable bonds is 5. The monoisotopic (exact) mass is 456 g/mol. The molecule has 8 atom stereocenters. The molecule has 1 aromatic heterocycles. The third-order valence-electron chi connectivity index (χ3n) is 10.1. The van der Waals surface area contributed by atoms with E-state index in [4.69, 9.17) is 4.74 Å². The van der Waals surface area contributed by atoms with Crippen LogP contribution in [0.3, 0.4) is 0 Å². The molecular weight excluding hydrogens is 416 g/mol. The van der Waals surface area contributed by atoms with Crippen molar-refractivity contribution in [3.05, 3.63) is 18.0 Å². The Morgan fingerprint density at radius 1 is 1.09 bits per heavy atom. The SMILES string of the molecule is CCOC(=O)c1cnn(CC(=O)[C@H]2CC[C@H]3C4CC[C@H]5C[C@](C)(O)CC[C@@H]5[C@H]4CC[C@]23C)c1. The van der Waals surface area contributed by atoms with Crippen molar-refractivity contribution in [2.45, 2.75) is 90.7 Å². The lowest BCUT2D eigenvalue weighted by atomic mass is 9.49. The molecule has 0 amide bonds. The number of nitrogens with zero attached hydrogens (tertiary/aromatic N) is 2. The van der Waals surface area contributed by atoms with Crippen molar-refractivity contribution in [3.63, 3.8) is 0 Å². The Kier molecular flexibility index (Phi) is 5.95. The minimum absolute atomic E-state index is 0.0857. The van der Waals surface area contributed by atoms with E-state index in [-0.39, 0.29) is 29.6 Å². The van der Waals surface area contributed by atoms with Gasteiger partial charge in [0.2, 0.25) is 0 Å². The van der Waals surface area contributed by atoms with E-state index in [0.717, 1.165) is 49.9 Å². The summed E-state index contributed by atoms with van der Waals surface area (Å²) < 4.78 is 6.65. The molecule has 0 spiro atoms. The molecule has 1 N–H and O–H groups in total. The van der Waals surface area contributed by atoms with Crippen LogP contribution in [0.2, 0.25) is 0 Å². The Balaban J connectivity index is 1.26. The van der Waals surface area contributed by atoms with E-state index >= 15 is 0 Å². The fourth-order valence-electron chi connectivity index (χ4n) is 8.65. The van der Waals surface area contributed by atoms with Gasteiger partial charge in [-0.05, 0) is 107 Å². The van der Waals surface area contributed by atoms with Crippen LogP contribution in [0.1, 0.15) is 88.9 Å². The zero-order valence-corrected chi connectivity index (χ0v) is 20.5. The quantitative estimate of drug-likeness (QED) is 0.653. The molecule has 1 unspecified atom stereocenters. The number of Topliss-reactive ketones (excluding diaryl/α,β-unsaturated/α-hetero) is 1. The third kappa shape index (κ3) is 4.06. The van der Waals surface area contributed by atoms with Gasteiger partial charge in [0.05, 0.1) is 30.5 Å². The summed E-state index contributed by atoms with van der Waals surface area (Å²) in [4.78, 5) is 25.4. The fraction of sp³-hybridized carbons (Fsp3) is 0.815. The smallest absolute Gasteiger partial charge is 0.341 e. The first-order valence-electron chi connectivity index (χ1n) is 13.2. The molecule has 4 aliphatic carbocycles. The van der Waals surface area contributed by atoms with Crippen LogP contribution in [-0.4, -0.2) is 38.8 Å². The minimum atomic E-state index is -0.471. The normalized spacial score (nSPS) is 42.2. The van der Waals surface area contributed by atoms with Crippen molar-refractivity contribution in [1.29, 1.82) is 0 Å². The molecule has 6 heteroatoms. The van der Waals surface area contributed by atoms with E-state index < -0.39 is 5.60 Å². The van der Waals surface area contributed by atoms with Crippen LogP contribution in [0.15, 0.2) is 12.4 Å². The molecule has 4 fully saturated rings. The van der Waals surface area contributed by atoms with E-state index in [1.165, 1.54) is 31.9 Å². The fourth-order valence-corrected chi connectivity index (χ4v) is 8.65. The molecule has 0 radical (unpaired) electrons. The Morgan fingerprint density at radius 3 is 2.67 bits per heavy atom. The van der Waals surface area contributed by atoms with Gasteiger partial charge in [-0.1, -0.05) is 6.92 Å². The van der Waals surface area contributed by atoms with Gasteiger partial charge in [-0.2, -0.15) is 5.10 Å². The zero-order chi connectivity index (χ0) is 23.4. The Hall–Kier alpha value is -1.69. The number of ketones is 1. The maximum absolute atomic E-state index is 13.4. The van der Waals surface area contributed by atoms with Crippen molar-refractivity contribution in [2.75, 3.05) is 6.61 Å². The number of fused-ring (bicyclic) bond motifs is 5. The number of aromatic nitrogens is 2. The highest BCUT2D eigenvalue weighted by molar-refractivity contribution is 5.89. The summed E-state index contributed by atoms with van der Waals surface area (Å²) in [5, 5.41) is 14.9. The molecule has 0 bridgehead atoms. The van der Waals surface area contributed by atoms with Crippen molar-refractivity contribution in [3.8, 4) is 0 Å². The number of hydrogen-bond donors (Lipinski definition) is 1. The number of ether oxygens (including phenoxy) is 1. The van der Waals surface area contributed by atoms with Gasteiger partial charge in [0.1, 0.15) is 0 Å². The van der Waals surface area contributed by atoms with Crippen LogP contribution in [-0.2, 0) is 16.1 Å². The second-order valence-corrected chi connectivity index (χ2v) is 12.0. The van der Waals surface area contributed by atoms with Crippen molar-refractivity contribution >= 4 is 11.8 Å². The number of carbonyl (C=O) groups excluding carboxylic acids is 2. The van der Waals surface area contributed by atoms with Gasteiger partial charge in [0, 0.05) is 12.1 Å². The average Bonchev–Trinajstić information content (AvgIpc) is 3.37. The van der Waals surface area contributed by atoms with Crippen LogP contribution in [0.5, 0.6) is 0 Å². The van der Waals surface area contributed by atoms with Gasteiger partial charge < -0.3 is 9.84 Å². The van der Waals surface area contributed by atoms with Crippen LogP contribution >= 0.6 is 0 Å². The van der Waals surface area contributed by atoms with E-state index in [0.29, 0.717) is 24.0 Å². The highest BCUT2D eigenvalue weighted by Crippen LogP contribution is 2.64. The summed E-state index contributed by atoms with van der Waals surface area (Å²) in [6.07, 6.45) is 13.3. The molecule has 1 heterocycles. The highest BCUT2D eigenvalue weighted by Gasteiger charge is 2.58. The second-order valence-electron chi connectivity index (χ2n) is 12.0. The summed E-state index contributed by atoms with van der Waals surface area (Å²) in [5.74, 6) is 3.59. The Morgan fingerprint density at radius 2 is 1.88 bits per heavy atom. The first-order valence-corrected chi connectivity index (χ1v) is 13.2. The molecule has 33 heavy (non-hydrogen) atoms. The van der Waals surface area contributed by atoms with E-state index in [2.05, 4.69) is 12.0 Å². The maximum Gasteiger partial charge on any atom is 0.341 e. The van der Waals surface area contributed by atoms with Crippen LogP contribution in [0, 0.1) is 40.9 Å². The number of aliphatic hydroxyl groups is 1. The first kappa shape index (κ1) is 23.1. The first-order chi connectivity index (χ1) is 15.7. The molecule has 0 aliphatic heterocycles. The van der Waals surface area contributed by atoms with Gasteiger partial charge in [0.25, 0.3) is 0 Å². The van der Waals surface area contributed by atoms with Crippen LogP contribution in [0.4, 0.5) is 0 Å². The van der Waals surface area contributed by atoms with Gasteiger partial charge >= 0.3 is 5.97 Å². The van der Waals surface area contributed by atoms with Crippen molar-refractivity contribution in [2.24, 2.45) is 40.9 Å². The van der Waals surface area contributed by atoms with E-state index in [9.17, 15) is 14.7 Å². The molecule has 5 rings (SSSR count). The molecule has 4 saturated carbocycles. The molecular formula is C27H40N2O4. The summed E-state index contributed by atoms with van der Waals surface area (Å²) >= 11 is 0. The average molecular weight is 457 g/mol. The maximum atomic E-state index is 13.4. The molecule has 0 saturated heterocycles. The van der Waals surface area contributed by atoms with Gasteiger partial charge in [-0.25, -0.2) is 4.79 Å². The summed E-state index contributed by atoms with van der Waals surface area (Å²) in [7, 11) is 0. The number of esters is 1. The summed E-state index contributed by atoms with van der Waals surface area (Å²) in [6, 6.07) is 0. The lowest BCUT2D eigenvalue weighted by molar-refractivity contribution is -0.133. The third-order valence-corrected chi connectivity index (χ3v) is 10.1. The summed E-state index contributed by atoms with van der Waals surface area (Å²) in [5.41, 5.74) is 0.0215. The molecule has 6 nitrogen and oxygen atoms in total. The topological polar surface area (TPSA) is 81.4 Å². The predicted molar refractivity (Wildman–Crippen MR) is 124 cm³/mol. The Bertz CT molecular complexity index is 908. The molecule has 1 aromatic rings. The van der Waals surface area contributed by atoms with Gasteiger partial charge in [-0.3, -0.25) is 9.48 Å². The second kappa shape index (κ2) is 8.51. The largest absolute Gasteiger partial charge is 0.462 e.